The zero-order valence-electron chi connectivity index (χ0n) is 14.5. The third kappa shape index (κ3) is 3.94. The van der Waals surface area contributed by atoms with Crippen molar-refractivity contribution in [2.45, 2.75) is 31.8 Å². The third-order valence-corrected chi connectivity index (χ3v) is 4.40. The normalized spacial score (nSPS) is 16.8. The van der Waals surface area contributed by atoms with Crippen molar-refractivity contribution >= 4 is 35.6 Å². The summed E-state index contributed by atoms with van der Waals surface area (Å²) >= 11 is 0. The molecule has 0 aromatic carbocycles. The van der Waals surface area contributed by atoms with E-state index in [1.165, 1.54) is 0 Å². The number of rotatable bonds is 4. The number of aryl methyl sites for hydroxylation is 1. The van der Waals surface area contributed by atoms with Gasteiger partial charge in [-0.05, 0) is 18.6 Å². The maximum atomic E-state index is 4.31. The number of aliphatic imine (C=N–C) groups is 1. The van der Waals surface area contributed by atoms with Crippen molar-refractivity contribution < 1.29 is 0 Å². The summed E-state index contributed by atoms with van der Waals surface area (Å²) in [6.45, 7) is 1.54. The van der Waals surface area contributed by atoms with Gasteiger partial charge in [0.15, 0.2) is 11.6 Å². The first-order valence-corrected chi connectivity index (χ1v) is 8.46. The highest BCUT2D eigenvalue weighted by Crippen LogP contribution is 2.11. The molecule has 2 N–H and O–H groups in total. The molecule has 1 aliphatic heterocycles. The summed E-state index contributed by atoms with van der Waals surface area (Å²) in [7, 11) is 1.78. The lowest BCUT2D eigenvalue weighted by atomic mass is 10.1. The molecule has 10 heteroatoms. The van der Waals surface area contributed by atoms with Gasteiger partial charge in [-0.2, -0.15) is 5.10 Å². The van der Waals surface area contributed by atoms with Crippen LogP contribution < -0.4 is 10.6 Å². The second-order valence-corrected chi connectivity index (χ2v) is 6.03. The highest BCUT2D eigenvalue weighted by atomic mass is 127. The van der Waals surface area contributed by atoms with Gasteiger partial charge in [0, 0.05) is 38.7 Å². The van der Waals surface area contributed by atoms with Crippen LogP contribution in [0.25, 0.3) is 5.65 Å². The first kappa shape index (κ1) is 18.5. The van der Waals surface area contributed by atoms with Crippen LogP contribution in [-0.4, -0.2) is 55.0 Å². The summed E-state index contributed by atoms with van der Waals surface area (Å²) in [6.07, 6.45) is 6.32. The lowest BCUT2D eigenvalue weighted by molar-refractivity contribution is 0.393. The number of hydrogen-bond acceptors (Lipinski definition) is 5. The molecule has 1 atom stereocenters. The molecule has 4 rings (SSSR count). The van der Waals surface area contributed by atoms with Crippen LogP contribution in [-0.2, 0) is 19.4 Å². The topological polar surface area (TPSA) is 97.3 Å². The molecule has 1 aliphatic rings. The van der Waals surface area contributed by atoms with Crippen molar-refractivity contribution in [3.05, 3.63) is 42.4 Å². The molecule has 0 radical (unpaired) electrons. The van der Waals surface area contributed by atoms with Gasteiger partial charge in [0.2, 0.25) is 0 Å². The van der Waals surface area contributed by atoms with Gasteiger partial charge < -0.3 is 10.6 Å². The molecule has 4 heterocycles. The molecule has 3 aromatic heterocycles. The van der Waals surface area contributed by atoms with E-state index < -0.39 is 0 Å². The Bertz CT molecular complexity index is 885. The van der Waals surface area contributed by atoms with E-state index in [-0.39, 0.29) is 24.0 Å². The number of nitrogens with one attached hydrogen (secondary N) is 2. The first-order chi connectivity index (χ1) is 12.3. The Balaban J connectivity index is 0.00000196. The fourth-order valence-electron chi connectivity index (χ4n) is 3.10. The van der Waals surface area contributed by atoms with Crippen LogP contribution in [0.3, 0.4) is 0 Å². The van der Waals surface area contributed by atoms with Crippen LogP contribution in [0.5, 0.6) is 0 Å². The predicted octanol–water partition coefficient (Wildman–Crippen LogP) is 0.661. The Morgan fingerprint density at radius 2 is 2.27 bits per heavy atom. The van der Waals surface area contributed by atoms with Gasteiger partial charge in [-0.1, -0.05) is 6.07 Å². The number of halogens is 1. The summed E-state index contributed by atoms with van der Waals surface area (Å²) in [6, 6.07) is 6.19. The van der Waals surface area contributed by atoms with Gasteiger partial charge in [-0.3, -0.25) is 9.39 Å². The molecule has 0 saturated carbocycles. The van der Waals surface area contributed by atoms with Crippen LogP contribution >= 0.6 is 24.0 Å². The van der Waals surface area contributed by atoms with Gasteiger partial charge in [-0.25, -0.2) is 9.67 Å². The van der Waals surface area contributed by atoms with Gasteiger partial charge >= 0.3 is 0 Å². The lowest BCUT2D eigenvalue weighted by Gasteiger charge is -2.25. The first-order valence-electron chi connectivity index (χ1n) is 8.46. The van der Waals surface area contributed by atoms with Crippen molar-refractivity contribution in [2.75, 3.05) is 13.6 Å². The van der Waals surface area contributed by atoms with Gasteiger partial charge in [-0.15, -0.1) is 34.2 Å². The maximum absolute atomic E-state index is 4.31. The second kappa shape index (κ2) is 8.43. The van der Waals surface area contributed by atoms with E-state index in [0.29, 0.717) is 6.04 Å². The molecule has 0 saturated heterocycles. The average Bonchev–Trinajstić information content (AvgIpc) is 3.27. The minimum Gasteiger partial charge on any atom is -0.356 e. The zero-order valence-corrected chi connectivity index (χ0v) is 16.9. The molecule has 0 spiro atoms. The monoisotopic (exact) mass is 467 g/mol. The number of nitrogens with zero attached hydrogens (tertiary/aromatic N) is 7. The standard InChI is InChI=1S/C16H21N9.HI/c1-17-16(21-12-5-6-13-19-11-20-25(13)10-12)18-8-7-15-23-22-14-4-2-3-9-24(14)15;/h2-4,9,11-12H,5-8,10H2,1H3,(H2,17,18,21);1H. The molecule has 1 unspecified atom stereocenters. The van der Waals surface area contributed by atoms with Crippen LogP contribution in [0.4, 0.5) is 0 Å². The predicted molar refractivity (Wildman–Crippen MR) is 109 cm³/mol. The molecular weight excluding hydrogens is 445 g/mol. The van der Waals surface area contributed by atoms with Gasteiger partial charge in [0.05, 0.1) is 6.54 Å². The maximum Gasteiger partial charge on any atom is 0.191 e. The molecule has 0 bridgehead atoms. The van der Waals surface area contributed by atoms with Crippen molar-refractivity contribution in [3.8, 4) is 0 Å². The average molecular weight is 467 g/mol. The number of hydrogen-bond donors (Lipinski definition) is 2. The minimum atomic E-state index is 0. The Morgan fingerprint density at radius 1 is 1.35 bits per heavy atom. The van der Waals surface area contributed by atoms with Gasteiger partial charge in [0.1, 0.15) is 18.0 Å². The molecule has 0 fully saturated rings. The molecule has 0 amide bonds. The Morgan fingerprint density at radius 3 is 3.15 bits per heavy atom. The molecular formula is C16H22IN9. The smallest absolute Gasteiger partial charge is 0.191 e. The van der Waals surface area contributed by atoms with Crippen LogP contribution in [0.15, 0.2) is 35.7 Å². The van der Waals surface area contributed by atoms with E-state index in [1.807, 2.05) is 33.5 Å². The van der Waals surface area contributed by atoms with E-state index in [4.69, 9.17) is 0 Å². The lowest BCUT2D eigenvalue weighted by Crippen LogP contribution is -2.47. The summed E-state index contributed by atoms with van der Waals surface area (Å²) < 4.78 is 3.96. The number of fused-ring (bicyclic) bond motifs is 2. The summed E-state index contributed by atoms with van der Waals surface area (Å²) in [5.41, 5.74) is 0.867. The van der Waals surface area contributed by atoms with Crippen molar-refractivity contribution in [1.29, 1.82) is 0 Å². The number of guanidine groups is 1. The Hall–Kier alpha value is -2.24. The van der Waals surface area contributed by atoms with Crippen LogP contribution in [0, 0.1) is 0 Å². The Kier molecular flexibility index (Phi) is 6.01. The van der Waals surface area contributed by atoms with Gasteiger partial charge in [0.25, 0.3) is 0 Å². The van der Waals surface area contributed by atoms with Crippen LogP contribution in [0.1, 0.15) is 18.1 Å². The minimum absolute atomic E-state index is 0. The van der Waals surface area contributed by atoms with E-state index in [1.54, 1.807) is 13.4 Å². The van der Waals surface area contributed by atoms with E-state index >= 15 is 0 Å². The Labute approximate surface area is 168 Å². The molecule has 138 valence electrons. The van der Waals surface area contributed by atoms with Crippen molar-refractivity contribution in [2.24, 2.45) is 4.99 Å². The molecule has 3 aromatic rings. The third-order valence-electron chi connectivity index (χ3n) is 4.40. The summed E-state index contributed by atoms with van der Waals surface area (Å²) in [4.78, 5) is 8.57. The highest BCUT2D eigenvalue weighted by Gasteiger charge is 2.20. The van der Waals surface area contributed by atoms with Crippen molar-refractivity contribution in [3.63, 3.8) is 0 Å². The molecule has 9 nitrogen and oxygen atoms in total. The number of pyridine rings is 1. The van der Waals surface area contributed by atoms with Crippen LogP contribution in [0.2, 0.25) is 0 Å². The zero-order chi connectivity index (χ0) is 17.1. The second-order valence-electron chi connectivity index (χ2n) is 6.03. The van der Waals surface area contributed by atoms with E-state index in [2.05, 4.69) is 35.9 Å². The largest absolute Gasteiger partial charge is 0.356 e. The van der Waals surface area contributed by atoms with E-state index in [9.17, 15) is 0 Å². The quantitative estimate of drug-likeness (QED) is 0.333. The van der Waals surface area contributed by atoms with E-state index in [0.717, 1.165) is 55.6 Å². The van der Waals surface area contributed by atoms with Crippen molar-refractivity contribution in [1.82, 2.24) is 40.0 Å². The molecule has 26 heavy (non-hydrogen) atoms. The summed E-state index contributed by atoms with van der Waals surface area (Å²) in [5.74, 6) is 2.78. The summed E-state index contributed by atoms with van der Waals surface area (Å²) in [5, 5.41) is 19.5. The number of aromatic nitrogens is 6. The fourth-order valence-corrected chi connectivity index (χ4v) is 3.10. The molecule has 0 aliphatic carbocycles. The SMILES string of the molecule is CN=C(NCCc1nnc2ccccn12)NC1CCc2ncnn2C1.I. The fraction of sp³-hybridized carbons (Fsp3) is 0.438. The highest BCUT2D eigenvalue weighted by molar-refractivity contribution is 14.0.